The summed E-state index contributed by atoms with van der Waals surface area (Å²) in [6.45, 7) is 4.13. The van der Waals surface area contributed by atoms with Gasteiger partial charge in [-0.3, -0.25) is 9.69 Å². The Hall–Kier alpha value is -1.39. The standard InChI is InChI=1S/C16H22N2O2/c19-16(15-4-3-11-20-15)17-14-7-5-13(6-8-14)12-18-9-1-2-10-18/h5-8,15H,1-4,9-12H2,(H,17,19)/t15-/m1/s1. The topological polar surface area (TPSA) is 41.6 Å². The number of amides is 1. The first-order valence-corrected chi connectivity index (χ1v) is 7.55. The maximum Gasteiger partial charge on any atom is 0.253 e. The van der Waals surface area contributed by atoms with Crippen LogP contribution in [0.5, 0.6) is 0 Å². The highest BCUT2D eigenvalue weighted by atomic mass is 16.5. The lowest BCUT2D eigenvalue weighted by Gasteiger charge is -2.15. The summed E-state index contributed by atoms with van der Waals surface area (Å²) in [5.74, 6) is -0.0187. The minimum atomic E-state index is -0.265. The normalized spacial score (nSPS) is 23.1. The molecule has 0 saturated carbocycles. The molecule has 1 amide bonds. The van der Waals surface area contributed by atoms with E-state index in [0.717, 1.165) is 25.1 Å². The average molecular weight is 274 g/mol. The molecule has 2 aliphatic rings. The van der Waals surface area contributed by atoms with E-state index >= 15 is 0 Å². The monoisotopic (exact) mass is 274 g/mol. The number of likely N-dealkylation sites (tertiary alicyclic amines) is 1. The van der Waals surface area contributed by atoms with Crippen LogP contribution in [0.1, 0.15) is 31.2 Å². The molecule has 0 bridgehead atoms. The number of anilines is 1. The molecule has 1 N–H and O–H groups in total. The van der Waals surface area contributed by atoms with Crippen LogP contribution in [-0.4, -0.2) is 36.6 Å². The van der Waals surface area contributed by atoms with Crippen molar-refractivity contribution in [2.45, 2.75) is 38.3 Å². The molecule has 0 aromatic heterocycles. The largest absolute Gasteiger partial charge is 0.368 e. The number of benzene rings is 1. The molecule has 3 rings (SSSR count). The lowest BCUT2D eigenvalue weighted by Crippen LogP contribution is -2.26. The third-order valence-electron chi connectivity index (χ3n) is 4.05. The van der Waals surface area contributed by atoms with Crippen molar-refractivity contribution in [1.29, 1.82) is 0 Å². The lowest BCUT2D eigenvalue weighted by atomic mass is 10.2. The van der Waals surface area contributed by atoms with Gasteiger partial charge in [0.25, 0.3) is 5.91 Å². The van der Waals surface area contributed by atoms with Gasteiger partial charge >= 0.3 is 0 Å². The maximum atomic E-state index is 11.9. The molecular weight excluding hydrogens is 252 g/mol. The summed E-state index contributed by atoms with van der Waals surface area (Å²) in [6.07, 6.45) is 4.18. The van der Waals surface area contributed by atoms with Gasteiger partial charge in [0.2, 0.25) is 0 Å². The Morgan fingerprint density at radius 3 is 2.60 bits per heavy atom. The van der Waals surface area contributed by atoms with Crippen LogP contribution in [0.3, 0.4) is 0 Å². The number of hydrogen-bond acceptors (Lipinski definition) is 3. The SMILES string of the molecule is O=C(Nc1ccc(CN2CCCC2)cc1)[C@H]1CCCO1. The van der Waals surface area contributed by atoms with Crippen molar-refractivity contribution in [2.75, 3.05) is 25.0 Å². The molecular formula is C16H22N2O2. The first-order chi connectivity index (χ1) is 9.81. The van der Waals surface area contributed by atoms with Gasteiger partial charge in [-0.05, 0) is 56.5 Å². The zero-order chi connectivity index (χ0) is 13.8. The van der Waals surface area contributed by atoms with Crippen molar-refractivity contribution < 1.29 is 9.53 Å². The van der Waals surface area contributed by atoms with Crippen LogP contribution >= 0.6 is 0 Å². The molecule has 2 fully saturated rings. The van der Waals surface area contributed by atoms with Crippen LogP contribution in [0, 0.1) is 0 Å². The summed E-state index contributed by atoms with van der Waals surface area (Å²) < 4.78 is 5.38. The predicted octanol–water partition coefficient (Wildman–Crippen LogP) is 2.40. The van der Waals surface area contributed by atoms with Crippen molar-refractivity contribution in [2.24, 2.45) is 0 Å². The molecule has 2 heterocycles. The van der Waals surface area contributed by atoms with E-state index in [4.69, 9.17) is 4.74 Å². The molecule has 0 spiro atoms. The average Bonchev–Trinajstić information content (AvgIpc) is 3.13. The highest BCUT2D eigenvalue weighted by Gasteiger charge is 2.23. The van der Waals surface area contributed by atoms with Crippen LogP contribution in [0.15, 0.2) is 24.3 Å². The lowest BCUT2D eigenvalue weighted by molar-refractivity contribution is -0.124. The predicted molar refractivity (Wildman–Crippen MR) is 78.6 cm³/mol. The molecule has 2 saturated heterocycles. The Morgan fingerprint density at radius 2 is 1.95 bits per heavy atom. The van der Waals surface area contributed by atoms with Gasteiger partial charge in [-0.2, -0.15) is 0 Å². The Labute approximate surface area is 120 Å². The summed E-state index contributed by atoms with van der Waals surface area (Å²) in [5.41, 5.74) is 2.16. The summed E-state index contributed by atoms with van der Waals surface area (Å²) in [4.78, 5) is 14.4. The number of carbonyl (C=O) groups excluding carboxylic acids is 1. The fourth-order valence-electron chi connectivity index (χ4n) is 2.90. The van der Waals surface area contributed by atoms with E-state index in [1.807, 2.05) is 12.1 Å². The number of ether oxygens (including phenoxy) is 1. The van der Waals surface area contributed by atoms with Crippen molar-refractivity contribution in [1.82, 2.24) is 4.90 Å². The molecule has 1 atom stereocenters. The zero-order valence-electron chi connectivity index (χ0n) is 11.8. The van der Waals surface area contributed by atoms with Crippen LogP contribution < -0.4 is 5.32 Å². The fraction of sp³-hybridized carbons (Fsp3) is 0.562. The van der Waals surface area contributed by atoms with Crippen molar-refractivity contribution in [3.8, 4) is 0 Å². The second-order valence-corrected chi connectivity index (χ2v) is 5.67. The van der Waals surface area contributed by atoms with Gasteiger partial charge in [-0.25, -0.2) is 0 Å². The molecule has 0 radical (unpaired) electrons. The minimum absolute atomic E-state index is 0.0187. The van der Waals surface area contributed by atoms with Crippen molar-refractivity contribution >= 4 is 11.6 Å². The molecule has 108 valence electrons. The smallest absolute Gasteiger partial charge is 0.253 e. The minimum Gasteiger partial charge on any atom is -0.368 e. The number of rotatable bonds is 4. The number of nitrogens with one attached hydrogen (secondary N) is 1. The Morgan fingerprint density at radius 1 is 1.20 bits per heavy atom. The summed E-state index contributed by atoms with van der Waals surface area (Å²) in [7, 11) is 0. The van der Waals surface area contributed by atoms with E-state index in [9.17, 15) is 4.79 Å². The second-order valence-electron chi connectivity index (χ2n) is 5.67. The zero-order valence-corrected chi connectivity index (χ0v) is 11.8. The molecule has 4 nitrogen and oxygen atoms in total. The Kier molecular flexibility index (Phi) is 4.33. The highest BCUT2D eigenvalue weighted by molar-refractivity contribution is 5.94. The van der Waals surface area contributed by atoms with E-state index < -0.39 is 0 Å². The first kappa shape index (κ1) is 13.6. The Bertz CT molecular complexity index is 446. The molecule has 2 aliphatic heterocycles. The van der Waals surface area contributed by atoms with Gasteiger partial charge in [0.05, 0.1) is 0 Å². The van der Waals surface area contributed by atoms with Crippen molar-refractivity contribution in [3.63, 3.8) is 0 Å². The quantitative estimate of drug-likeness (QED) is 0.916. The van der Waals surface area contributed by atoms with E-state index in [1.165, 1.54) is 31.5 Å². The van der Waals surface area contributed by atoms with Crippen LogP contribution in [0.25, 0.3) is 0 Å². The second kappa shape index (κ2) is 6.37. The molecule has 4 heteroatoms. The molecule has 20 heavy (non-hydrogen) atoms. The fourth-order valence-corrected chi connectivity index (χ4v) is 2.90. The molecule has 0 unspecified atom stereocenters. The van der Waals surface area contributed by atoms with Gasteiger partial charge in [-0.1, -0.05) is 12.1 Å². The summed E-state index contributed by atoms with van der Waals surface area (Å²) in [5, 5.41) is 2.93. The third-order valence-corrected chi connectivity index (χ3v) is 4.05. The van der Waals surface area contributed by atoms with Gasteiger partial charge < -0.3 is 10.1 Å². The van der Waals surface area contributed by atoms with E-state index in [1.54, 1.807) is 0 Å². The third kappa shape index (κ3) is 3.38. The van der Waals surface area contributed by atoms with Gasteiger partial charge in [0, 0.05) is 18.8 Å². The maximum absolute atomic E-state index is 11.9. The van der Waals surface area contributed by atoms with E-state index in [-0.39, 0.29) is 12.0 Å². The first-order valence-electron chi connectivity index (χ1n) is 7.55. The van der Waals surface area contributed by atoms with Crippen LogP contribution in [0.4, 0.5) is 5.69 Å². The highest BCUT2D eigenvalue weighted by Crippen LogP contribution is 2.17. The summed E-state index contributed by atoms with van der Waals surface area (Å²) >= 11 is 0. The van der Waals surface area contributed by atoms with Crippen LogP contribution in [0.2, 0.25) is 0 Å². The molecule has 0 aliphatic carbocycles. The van der Waals surface area contributed by atoms with Gasteiger partial charge in [0.1, 0.15) is 6.10 Å². The number of carbonyl (C=O) groups is 1. The van der Waals surface area contributed by atoms with Crippen LogP contribution in [-0.2, 0) is 16.1 Å². The van der Waals surface area contributed by atoms with Gasteiger partial charge in [-0.15, -0.1) is 0 Å². The summed E-state index contributed by atoms with van der Waals surface area (Å²) in [6, 6.07) is 8.17. The van der Waals surface area contributed by atoms with Crippen molar-refractivity contribution in [3.05, 3.63) is 29.8 Å². The number of hydrogen-bond donors (Lipinski definition) is 1. The Balaban J connectivity index is 1.53. The molecule has 1 aromatic rings. The molecule has 1 aromatic carbocycles. The number of nitrogens with zero attached hydrogens (tertiary/aromatic N) is 1. The van der Waals surface area contributed by atoms with E-state index in [2.05, 4.69) is 22.3 Å². The van der Waals surface area contributed by atoms with Gasteiger partial charge in [0.15, 0.2) is 0 Å². The van der Waals surface area contributed by atoms with E-state index in [0.29, 0.717) is 6.61 Å².